The lowest BCUT2D eigenvalue weighted by Crippen LogP contribution is -2.11. The summed E-state index contributed by atoms with van der Waals surface area (Å²) in [6.07, 6.45) is 2.53. The molecular weight excluding hydrogens is 290 g/mol. The molecule has 0 aliphatic carbocycles. The summed E-state index contributed by atoms with van der Waals surface area (Å²) in [5, 5.41) is 5.51. The Morgan fingerprint density at radius 1 is 1.24 bits per heavy atom. The van der Waals surface area contributed by atoms with Crippen LogP contribution in [0.15, 0.2) is 42.6 Å². The van der Waals surface area contributed by atoms with Crippen LogP contribution in [0.1, 0.15) is 20.7 Å². The first-order chi connectivity index (χ1) is 10.1. The van der Waals surface area contributed by atoms with E-state index in [9.17, 15) is 9.59 Å². The number of primary amides is 1. The van der Waals surface area contributed by atoms with Crippen LogP contribution in [0.5, 0.6) is 0 Å². The van der Waals surface area contributed by atoms with Gasteiger partial charge in [0.25, 0.3) is 5.91 Å². The maximum Gasteiger partial charge on any atom is 0.251 e. The number of benzene rings is 2. The van der Waals surface area contributed by atoms with Gasteiger partial charge in [-0.2, -0.15) is 5.10 Å². The highest BCUT2D eigenvalue weighted by molar-refractivity contribution is 6.32. The number of carbonyl (C=O) groups is 2. The third-order valence-electron chi connectivity index (χ3n) is 3.13. The van der Waals surface area contributed by atoms with Gasteiger partial charge in [-0.1, -0.05) is 11.6 Å². The van der Waals surface area contributed by atoms with Gasteiger partial charge in [0.2, 0.25) is 0 Å². The van der Waals surface area contributed by atoms with Gasteiger partial charge in [-0.15, -0.1) is 0 Å². The fraction of sp³-hybridized carbons (Fsp3) is 0. The zero-order valence-corrected chi connectivity index (χ0v) is 11.5. The van der Waals surface area contributed by atoms with Crippen LogP contribution in [-0.2, 0) is 0 Å². The molecule has 21 heavy (non-hydrogen) atoms. The van der Waals surface area contributed by atoms with Crippen LogP contribution in [0.4, 0.5) is 0 Å². The second-order valence-electron chi connectivity index (χ2n) is 4.54. The molecule has 0 saturated carbocycles. The Kier molecular flexibility index (Phi) is 3.19. The number of carbonyl (C=O) groups excluding carboxylic acids is 2. The van der Waals surface area contributed by atoms with Gasteiger partial charge in [-0.3, -0.25) is 9.59 Å². The summed E-state index contributed by atoms with van der Waals surface area (Å²) in [5.74, 6) is -0.580. The summed E-state index contributed by atoms with van der Waals surface area (Å²) in [6.45, 7) is 0. The molecule has 0 saturated heterocycles. The smallest absolute Gasteiger partial charge is 0.251 e. The normalized spacial score (nSPS) is 10.7. The molecule has 104 valence electrons. The fourth-order valence-electron chi connectivity index (χ4n) is 2.12. The van der Waals surface area contributed by atoms with E-state index >= 15 is 0 Å². The Bertz CT molecular complexity index is 853. The number of aromatic nitrogens is 2. The molecule has 5 nitrogen and oxygen atoms in total. The summed E-state index contributed by atoms with van der Waals surface area (Å²) in [4.78, 5) is 22.1. The molecular formula is C15H10ClN3O2. The maximum atomic E-state index is 11.5. The fourth-order valence-corrected chi connectivity index (χ4v) is 2.35. The van der Waals surface area contributed by atoms with E-state index in [2.05, 4.69) is 5.10 Å². The molecule has 3 rings (SSSR count). The summed E-state index contributed by atoms with van der Waals surface area (Å²) in [7, 11) is 0. The minimum Gasteiger partial charge on any atom is -0.366 e. The first kappa shape index (κ1) is 13.3. The lowest BCUT2D eigenvalue weighted by molar-refractivity contribution is 0.100. The number of hydrogen-bond acceptors (Lipinski definition) is 3. The molecule has 2 N–H and O–H groups in total. The number of rotatable bonds is 3. The molecule has 0 unspecified atom stereocenters. The van der Waals surface area contributed by atoms with Gasteiger partial charge in [0.05, 0.1) is 11.3 Å². The van der Waals surface area contributed by atoms with Crippen molar-refractivity contribution in [3.05, 3.63) is 58.7 Å². The predicted molar refractivity (Wildman–Crippen MR) is 80.0 cm³/mol. The molecule has 0 fully saturated rings. The van der Waals surface area contributed by atoms with E-state index in [0.29, 0.717) is 16.1 Å². The van der Waals surface area contributed by atoms with Crippen molar-refractivity contribution in [3.8, 4) is 5.69 Å². The summed E-state index contributed by atoms with van der Waals surface area (Å²) in [5.41, 5.74) is 7.47. The third kappa shape index (κ3) is 2.39. The van der Waals surface area contributed by atoms with Gasteiger partial charge in [0, 0.05) is 22.2 Å². The molecule has 3 aromatic rings. The monoisotopic (exact) mass is 299 g/mol. The molecule has 0 radical (unpaired) electrons. The van der Waals surface area contributed by atoms with Crippen molar-refractivity contribution < 1.29 is 9.59 Å². The first-order valence-corrected chi connectivity index (χ1v) is 6.50. The van der Waals surface area contributed by atoms with Gasteiger partial charge in [0.15, 0.2) is 0 Å². The van der Waals surface area contributed by atoms with Crippen LogP contribution in [0.25, 0.3) is 16.6 Å². The number of nitrogens with two attached hydrogens (primary N) is 1. The van der Waals surface area contributed by atoms with E-state index in [1.54, 1.807) is 41.2 Å². The zero-order valence-electron chi connectivity index (χ0n) is 10.8. The Morgan fingerprint density at radius 3 is 2.57 bits per heavy atom. The summed E-state index contributed by atoms with van der Waals surface area (Å²) >= 11 is 5.98. The Morgan fingerprint density at radius 2 is 1.95 bits per heavy atom. The van der Waals surface area contributed by atoms with Crippen LogP contribution in [0.2, 0.25) is 5.02 Å². The summed E-state index contributed by atoms with van der Waals surface area (Å²) < 4.78 is 1.61. The number of hydrogen-bond donors (Lipinski definition) is 1. The minimum absolute atomic E-state index is 0.278. The second kappa shape index (κ2) is 5.03. The number of fused-ring (bicyclic) bond motifs is 1. The number of aldehydes is 1. The molecule has 0 spiro atoms. The van der Waals surface area contributed by atoms with Gasteiger partial charge >= 0.3 is 0 Å². The average molecular weight is 300 g/mol. The van der Waals surface area contributed by atoms with E-state index in [1.807, 2.05) is 0 Å². The van der Waals surface area contributed by atoms with Crippen molar-refractivity contribution in [1.29, 1.82) is 0 Å². The molecule has 2 aromatic carbocycles. The second-order valence-corrected chi connectivity index (χ2v) is 4.97. The van der Waals surface area contributed by atoms with Crippen molar-refractivity contribution in [2.45, 2.75) is 0 Å². The largest absolute Gasteiger partial charge is 0.366 e. The molecule has 0 atom stereocenters. The van der Waals surface area contributed by atoms with Crippen LogP contribution in [0, 0.1) is 0 Å². The molecule has 0 aliphatic heterocycles. The van der Waals surface area contributed by atoms with Gasteiger partial charge in [-0.05, 0) is 36.4 Å². The molecule has 0 bridgehead atoms. The number of halogens is 1. The standard InChI is InChI=1S/C15H10ClN3O2/c16-11-5-10-7-19(12-3-1-9(8-20)2-4-12)18-14(10)13(6-11)15(17)21/h1-8H,(H2,17,21). The highest BCUT2D eigenvalue weighted by atomic mass is 35.5. The van der Waals surface area contributed by atoms with Crippen LogP contribution in [0.3, 0.4) is 0 Å². The lowest BCUT2D eigenvalue weighted by Gasteiger charge is -2.00. The third-order valence-corrected chi connectivity index (χ3v) is 3.35. The average Bonchev–Trinajstić information content (AvgIpc) is 2.90. The zero-order chi connectivity index (χ0) is 15.0. The Labute approximate surface area is 124 Å². The highest BCUT2D eigenvalue weighted by Gasteiger charge is 2.13. The Hall–Kier alpha value is -2.66. The molecule has 0 aliphatic rings. The van der Waals surface area contributed by atoms with Crippen molar-refractivity contribution in [2.24, 2.45) is 5.73 Å². The highest BCUT2D eigenvalue weighted by Crippen LogP contribution is 2.24. The molecule has 1 amide bonds. The molecule has 1 heterocycles. The van der Waals surface area contributed by atoms with Crippen LogP contribution in [-0.4, -0.2) is 22.0 Å². The number of nitrogens with zero attached hydrogens (tertiary/aromatic N) is 2. The van der Waals surface area contributed by atoms with E-state index in [0.717, 1.165) is 17.4 Å². The van der Waals surface area contributed by atoms with E-state index in [-0.39, 0.29) is 5.56 Å². The predicted octanol–water partition coefficient (Wildman–Crippen LogP) is 2.59. The summed E-state index contributed by atoms with van der Waals surface area (Å²) in [6, 6.07) is 10.1. The topological polar surface area (TPSA) is 78.0 Å². The van der Waals surface area contributed by atoms with E-state index < -0.39 is 5.91 Å². The van der Waals surface area contributed by atoms with Gasteiger partial charge in [0.1, 0.15) is 11.8 Å². The first-order valence-electron chi connectivity index (χ1n) is 6.13. The minimum atomic E-state index is -0.580. The van der Waals surface area contributed by atoms with Gasteiger partial charge < -0.3 is 5.73 Å². The molecule has 1 aromatic heterocycles. The van der Waals surface area contributed by atoms with Crippen molar-refractivity contribution >= 4 is 34.7 Å². The van der Waals surface area contributed by atoms with E-state index in [1.165, 1.54) is 6.07 Å². The molecule has 6 heteroatoms. The van der Waals surface area contributed by atoms with E-state index in [4.69, 9.17) is 17.3 Å². The van der Waals surface area contributed by atoms with Crippen molar-refractivity contribution in [1.82, 2.24) is 9.78 Å². The maximum absolute atomic E-state index is 11.5. The van der Waals surface area contributed by atoms with Crippen molar-refractivity contribution in [3.63, 3.8) is 0 Å². The lowest BCUT2D eigenvalue weighted by atomic mass is 10.1. The van der Waals surface area contributed by atoms with Gasteiger partial charge in [-0.25, -0.2) is 4.68 Å². The van der Waals surface area contributed by atoms with Crippen molar-refractivity contribution in [2.75, 3.05) is 0 Å². The Balaban J connectivity index is 2.18. The quantitative estimate of drug-likeness (QED) is 0.755. The van der Waals surface area contributed by atoms with Crippen LogP contribution < -0.4 is 5.73 Å². The number of amides is 1. The SMILES string of the molecule is NC(=O)c1cc(Cl)cc2cn(-c3ccc(C=O)cc3)nc12. The van der Waals surface area contributed by atoms with Crippen LogP contribution >= 0.6 is 11.6 Å².